The van der Waals surface area contributed by atoms with Gasteiger partial charge in [-0.3, -0.25) is 0 Å². The normalized spacial score (nSPS) is 11.3. The summed E-state index contributed by atoms with van der Waals surface area (Å²) in [5, 5.41) is 9.78. The second-order valence-electron chi connectivity index (χ2n) is 5.58. The van der Waals surface area contributed by atoms with Crippen molar-refractivity contribution >= 4 is 0 Å². The van der Waals surface area contributed by atoms with Crippen LogP contribution in [0.25, 0.3) is 0 Å². The monoisotopic (exact) mass is 218 g/mol. The highest BCUT2D eigenvalue weighted by Gasteiger charge is 2.14. The molecule has 0 saturated carbocycles. The van der Waals surface area contributed by atoms with Crippen LogP contribution in [0.3, 0.4) is 0 Å². The standard InChI is InChI=1S/C15H22O/c1-11(2)6-7-12-10-13(15(3,4)5)8-9-14(12)16/h6,8-10,16H,7H2,1-5H3. The molecule has 0 fully saturated rings. The maximum atomic E-state index is 9.78. The Balaban J connectivity index is 3.05. The quantitative estimate of drug-likeness (QED) is 0.738. The Labute approximate surface area is 98.8 Å². The predicted molar refractivity (Wildman–Crippen MR) is 69.9 cm³/mol. The van der Waals surface area contributed by atoms with Crippen molar-refractivity contribution in [3.8, 4) is 5.75 Å². The summed E-state index contributed by atoms with van der Waals surface area (Å²) in [5.41, 5.74) is 3.68. The van der Waals surface area contributed by atoms with Crippen LogP contribution in [-0.4, -0.2) is 5.11 Å². The molecule has 1 aromatic carbocycles. The zero-order chi connectivity index (χ0) is 12.3. The van der Waals surface area contributed by atoms with Crippen LogP contribution in [-0.2, 0) is 11.8 Å². The number of allylic oxidation sites excluding steroid dienone is 2. The van der Waals surface area contributed by atoms with E-state index in [9.17, 15) is 5.11 Å². The SMILES string of the molecule is CC(C)=CCc1cc(C(C)(C)C)ccc1O. The lowest BCUT2D eigenvalue weighted by Crippen LogP contribution is -2.11. The van der Waals surface area contributed by atoms with Crippen molar-refractivity contribution in [2.24, 2.45) is 0 Å². The van der Waals surface area contributed by atoms with E-state index >= 15 is 0 Å². The van der Waals surface area contributed by atoms with Crippen molar-refractivity contribution in [2.75, 3.05) is 0 Å². The Morgan fingerprint density at radius 1 is 1.25 bits per heavy atom. The minimum Gasteiger partial charge on any atom is -0.508 e. The summed E-state index contributed by atoms with van der Waals surface area (Å²) < 4.78 is 0. The van der Waals surface area contributed by atoms with Gasteiger partial charge in [0, 0.05) is 0 Å². The molecule has 0 aliphatic rings. The average Bonchev–Trinajstić information content (AvgIpc) is 2.14. The van der Waals surface area contributed by atoms with Gasteiger partial charge < -0.3 is 5.11 Å². The Bertz CT molecular complexity index is 390. The van der Waals surface area contributed by atoms with Crippen molar-refractivity contribution in [1.29, 1.82) is 0 Å². The molecular formula is C15H22O. The molecule has 0 heterocycles. The molecule has 0 saturated heterocycles. The number of phenols is 1. The maximum absolute atomic E-state index is 9.78. The van der Waals surface area contributed by atoms with Gasteiger partial charge in [-0.05, 0) is 42.9 Å². The van der Waals surface area contributed by atoms with Crippen molar-refractivity contribution in [3.05, 3.63) is 41.0 Å². The van der Waals surface area contributed by atoms with Crippen LogP contribution in [0.4, 0.5) is 0 Å². The Hall–Kier alpha value is -1.24. The average molecular weight is 218 g/mol. The van der Waals surface area contributed by atoms with Crippen LogP contribution in [0.15, 0.2) is 29.8 Å². The lowest BCUT2D eigenvalue weighted by atomic mass is 9.85. The second-order valence-corrected chi connectivity index (χ2v) is 5.58. The third-order valence-electron chi connectivity index (χ3n) is 2.68. The van der Waals surface area contributed by atoms with Crippen molar-refractivity contribution in [2.45, 2.75) is 46.5 Å². The van der Waals surface area contributed by atoms with E-state index < -0.39 is 0 Å². The third kappa shape index (κ3) is 3.41. The highest BCUT2D eigenvalue weighted by Crippen LogP contribution is 2.27. The summed E-state index contributed by atoms with van der Waals surface area (Å²) in [7, 11) is 0. The summed E-state index contributed by atoms with van der Waals surface area (Å²) >= 11 is 0. The van der Waals surface area contributed by atoms with Gasteiger partial charge >= 0.3 is 0 Å². The fourth-order valence-corrected chi connectivity index (χ4v) is 1.53. The van der Waals surface area contributed by atoms with Gasteiger partial charge in [-0.1, -0.05) is 44.6 Å². The summed E-state index contributed by atoms with van der Waals surface area (Å²) in [5.74, 6) is 0.394. The van der Waals surface area contributed by atoms with Gasteiger partial charge in [-0.25, -0.2) is 0 Å². The van der Waals surface area contributed by atoms with Gasteiger partial charge in [0.25, 0.3) is 0 Å². The minimum atomic E-state index is 0.132. The largest absolute Gasteiger partial charge is 0.508 e. The number of benzene rings is 1. The van der Waals surface area contributed by atoms with Gasteiger partial charge in [0.05, 0.1) is 0 Å². The van der Waals surface area contributed by atoms with Crippen LogP contribution < -0.4 is 0 Å². The molecule has 0 radical (unpaired) electrons. The van der Waals surface area contributed by atoms with E-state index in [0.29, 0.717) is 5.75 Å². The smallest absolute Gasteiger partial charge is 0.119 e. The Kier molecular flexibility index (Phi) is 3.79. The lowest BCUT2D eigenvalue weighted by molar-refractivity contribution is 0.468. The molecule has 0 amide bonds. The summed E-state index contributed by atoms with van der Waals surface area (Å²) in [6.45, 7) is 10.7. The van der Waals surface area contributed by atoms with Crippen LogP contribution in [0.2, 0.25) is 0 Å². The molecular weight excluding hydrogens is 196 g/mol. The van der Waals surface area contributed by atoms with E-state index in [-0.39, 0.29) is 5.41 Å². The minimum absolute atomic E-state index is 0.132. The number of hydrogen-bond donors (Lipinski definition) is 1. The third-order valence-corrected chi connectivity index (χ3v) is 2.68. The topological polar surface area (TPSA) is 20.2 Å². The molecule has 1 N–H and O–H groups in total. The molecule has 16 heavy (non-hydrogen) atoms. The summed E-state index contributed by atoms with van der Waals surface area (Å²) in [4.78, 5) is 0. The van der Waals surface area contributed by atoms with Gasteiger partial charge in [0.1, 0.15) is 5.75 Å². The molecule has 0 aromatic heterocycles. The predicted octanol–water partition coefficient (Wildman–Crippen LogP) is 4.20. The first-order valence-electron chi connectivity index (χ1n) is 5.76. The Morgan fingerprint density at radius 3 is 2.38 bits per heavy atom. The molecule has 1 nitrogen and oxygen atoms in total. The number of aromatic hydroxyl groups is 1. The van der Waals surface area contributed by atoms with Crippen molar-refractivity contribution < 1.29 is 5.11 Å². The van der Waals surface area contributed by atoms with Crippen molar-refractivity contribution in [1.82, 2.24) is 0 Å². The number of rotatable bonds is 2. The highest BCUT2D eigenvalue weighted by molar-refractivity contribution is 5.39. The molecule has 0 unspecified atom stereocenters. The molecule has 1 aromatic rings. The first-order chi connectivity index (χ1) is 7.30. The molecule has 88 valence electrons. The van der Waals surface area contributed by atoms with Crippen LogP contribution in [0.1, 0.15) is 45.7 Å². The summed E-state index contributed by atoms with van der Waals surface area (Å²) in [6.07, 6.45) is 2.94. The highest BCUT2D eigenvalue weighted by atomic mass is 16.3. The Morgan fingerprint density at radius 2 is 1.88 bits per heavy atom. The maximum Gasteiger partial charge on any atom is 0.119 e. The molecule has 0 spiro atoms. The van der Waals surface area contributed by atoms with E-state index in [1.165, 1.54) is 11.1 Å². The van der Waals surface area contributed by atoms with Gasteiger partial charge in [-0.15, -0.1) is 0 Å². The molecule has 0 bridgehead atoms. The van der Waals surface area contributed by atoms with Crippen molar-refractivity contribution in [3.63, 3.8) is 0 Å². The van der Waals surface area contributed by atoms with Crippen LogP contribution >= 0.6 is 0 Å². The molecule has 0 aliphatic carbocycles. The zero-order valence-electron chi connectivity index (χ0n) is 11.0. The van der Waals surface area contributed by atoms with Crippen LogP contribution in [0.5, 0.6) is 5.75 Å². The van der Waals surface area contributed by atoms with Gasteiger partial charge in [0.2, 0.25) is 0 Å². The molecule has 1 heteroatoms. The fraction of sp³-hybridized carbons (Fsp3) is 0.467. The van der Waals surface area contributed by atoms with Gasteiger partial charge in [-0.2, -0.15) is 0 Å². The zero-order valence-corrected chi connectivity index (χ0v) is 11.0. The van der Waals surface area contributed by atoms with E-state index in [1.807, 2.05) is 6.07 Å². The van der Waals surface area contributed by atoms with Crippen LogP contribution in [0, 0.1) is 0 Å². The van der Waals surface area contributed by atoms with E-state index in [1.54, 1.807) is 6.07 Å². The molecule has 0 atom stereocenters. The van der Waals surface area contributed by atoms with E-state index in [0.717, 1.165) is 12.0 Å². The molecule has 0 aliphatic heterocycles. The van der Waals surface area contributed by atoms with Gasteiger partial charge in [0.15, 0.2) is 0 Å². The van der Waals surface area contributed by atoms with E-state index in [4.69, 9.17) is 0 Å². The summed E-state index contributed by atoms with van der Waals surface area (Å²) in [6, 6.07) is 5.91. The number of phenolic OH excluding ortho intramolecular Hbond substituents is 1. The molecule has 1 rings (SSSR count). The van der Waals surface area contributed by atoms with E-state index in [2.05, 4.69) is 46.8 Å². The number of hydrogen-bond acceptors (Lipinski definition) is 1. The first-order valence-corrected chi connectivity index (χ1v) is 5.76. The lowest BCUT2D eigenvalue weighted by Gasteiger charge is -2.20. The first kappa shape index (κ1) is 12.8. The fourth-order valence-electron chi connectivity index (χ4n) is 1.53. The second kappa shape index (κ2) is 4.73.